The van der Waals surface area contributed by atoms with E-state index in [1.165, 1.54) is 12.1 Å². The van der Waals surface area contributed by atoms with E-state index in [1.807, 2.05) is 30.3 Å². The molecule has 0 amide bonds. The van der Waals surface area contributed by atoms with Gasteiger partial charge in [0.25, 0.3) is 0 Å². The SMILES string of the molecule is CN=C(NCc1cc(F)cc(Br)c1)NCc1ccccc1OC. The van der Waals surface area contributed by atoms with Crippen LogP contribution < -0.4 is 15.4 Å². The van der Waals surface area contributed by atoms with Crippen LogP contribution >= 0.6 is 15.9 Å². The maximum atomic E-state index is 13.4. The van der Waals surface area contributed by atoms with Crippen LogP contribution in [0, 0.1) is 5.82 Å². The number of benzene rings is 2. The molecular formula is C17H19BrFN3O. The fraction of sp³-hybridized carbons (Fsp3) is 0.235. The van der Waals surface area contributed by atoms with E-state index in [-0.39, 0.29) is 5.82 Å². The van der Waals surface area contributed by atoms with Gasteiger partial charge in [0.1, 0.15) is 11.6 Å². The van der Waals surface area contributed by atoms with Gasteiger partial charge >= 0.3 is 0 Å². The Morgan fingerprint density at radius 1 is 1.17 bits per heavy atom. The molecule has 2 aromatic carbocycles. The van der Waals surface area contributed by atoms with Gasteiger partial charge in [0.15, 0.2) is 5.96 Å². The van der Waals surface area contributed by atoms with Crippen molar-refractivity contribution in [1.29, 1.82) is 0 Å². The number of nitrogens with zero attached hydrogens (tertiary/aromatic N) is 1. The van der Waals surface area contributed by atoms with Gasteiger partial charge in [0.05, 0.1) is 7.11 Å². The first-order chi connectivity index (χ1) is 11.1. The van der Waals surface area contributed by atoms with Gasteiger partial charge in [-0.2, -0.15) is 0 Å². The molecule has 0 radical (unpaired) electrons. The summed E-state index contributed by atoms with van der Waals surface area (Å²) in [5, 5.41) is 6.37. The molecule has 23 heavy (non-hydrogen) atoms. The summed E-state index contributed by atoms with van der Waals surface area (Å²) >= 11 is 3.29. The standard InChI is InChI=1S/C17H19BrFN3O/c1-20-17(21-10-12-7-14(18)9-15(19)8-12)22-11-13-5-3-4-6-16(13)23-2/h3-9H,10-11H2,1-2H3,(H2,20,21,22). The molecule has 0 aliphatic heterocycles. The summed E-state index contributed by atoms with van der Waals surface area (Å²) in [7, 11) is 3.34. The smallest absolute Gasteiger partial charge is 0.191 e. The quantitative estimate of drug-likeness (QED) is 0.617. The number of rotatable bonds is 5. The van der Waals surface area contributed by atoms with Crippen LogP contribution in [0.1, 0.15) is 11.1 Å². The van der Waals surface area contributed by atoms with Crippen LogP contribution in [0.15, 0.2) is 51.9 Å². The molecule has 0 aliphatic carbocycles. The van der Waals surface area contributed by atoms with Crippen molar-refractivity contribution < 1.29 is 9.13 Å². The van der Waals surface area contributed by atoms with Gasteiger partial charge < -0.3 is 15.4 Å². The monoisotopic (exact) mass is 379 g/mol. The Kier molecular flexibility index (Phi) is 6.40. The zero-order chi connectivity index (χ0) is 16.7. The first kappa shape index (κ1) is 17.3. The van der Waals surface area contributed by atoms with E-state index >= 15 is 0 Å². The van der Waals surface area contributed by atoms with Crippen molar-refractivity contribution in [3.05, 3.63) is 63.9 Å². The van der Waals surface area contributed by atoms with Crippen molar-refractivity contribution >= 4 is 21.9 Å². The first-order valence-corrected chi connectivity index (χ1v) is 7.93. The Bertz CT molecular complexity index is 671. The number of ether oxygens (including phenoxy) is 1. The molecule has 0 aliphatic rings. The molecular weight excluding hydrogens is 361 g/mol. The second kappa shape index (κ2) is 8.53. The number of halogens is 2. The van der Waals surface area contributed by atoms with Crippen molar-refractivity contribution in [2.75, 3.05) is 14.2 Å². The highest BCUT2D eigenvalue weighted by atomic mass is 79.9. The molecule has 6 heteroatoms. The molecule has 0 fully saturated rings. The number of aliphatic imine (C=N–C) groups is 1. The fourth-order valence-electron chi connectivity index (χ4n) is 2.15. The summed E-state index contributed by atoms with van der Waals surface area (Å²) in [6.45, 7) is 1.05. The first-order valence-electron chi connectivity index (χ1n) is 7.13. The Balaban J connectivity index is 1.93. The maximum Gasteiger partial charge on any atom is 0.191 e. The second-order valence-corrected chi connectivity index (χ2v) is 5.78. The van der Waals surface area contributed by atoms with Gasteiger partial charge in [0.2, 0.25) is 0 Å². The second-order valence-electron chi connectivity index (χ2n) is 4.87. The number of hydrogen-bond donors (Lipinski definition) is 2. The van der Waals surface area contributed by atoms with Gasteiger partial charge in [-0.05, 0) is 29.8 Å². The van der Waals surface area contributed by atoms with E-state index < -0.39 is 0 Å². The third-order valence-corrected chi connectivity index (χ3v) is 3.70. The molecule has 0 spiro atoms. The van der Waals surface area contributed by atoms with Crippen LogP contribution in [-0.4, -0.2) is 20.1 Å². The predicted molar refractivity (Wildman–Crippen MR) is 94.1 cm³/mol. The number of methoxy groups -OCH3 is 1. The van der Waals surface area contributed by atoms with Crippen LogP contribution in [-0.2, 0) is 13.1 Å². The third-order valence-electron chi connectivity index (χ3n) is 3.24. The normalized spacial score (nSPS) is 11.2. The molecule has 2 N–H and O–H groups in total. The molecule has 0 bridgehead atoms. The lowest BCUT2D eigenvalue weighted by Crippen LogP contribution is -2.36. The number of para-hydroxylation sites is 1. The highest BCUT2D eigenvalue weighted by molar-refractivity contribution is 9.10. The van der Waals surface area contributed by atoms with E-state index in [0.29, 0.717) is 23.5 Å². The van der Waals surface area contributed by atoms with Gasteiger partial charge in [-0.25, -0.2) is 4.39 Å². The zero-order valence-electron chi connectivity index (χ0n) is 13.1. The van der Waals surface area contributed by atoms with Crippen molar-refractivity contribution in [3.63, 3.8) is 0 Å². The molecule has 0 unspecified atom stereocenters. The minimum Gasteiger partial charge on any atom is -0.496 e. The Labute approximate surface area is 143 Å². The summed E-state index contributed by atoms with van der Waals surface area (Å²) in [4.78, 5) is 4.17. The van der Waals surface area contributed by atoms with Crippen LogP contribution in [0.3, 0.4) is 0 Å². The van der Waals surface area contributed by atoms with Gasteiger partial charge in [-0.3, -0.25) is 4.99 Å². The van der Waals surface area contributed by atoms with Crippen LogP contribution in [0.2, 0.25) is 0 Å². The van der Waals surface area contributed by atoms with Gasteiger partial charge in [0, 0.05) is 30.2 Å². The fourth-order valence-corrected chi connectivity index (χ4v) is 2.66. The Morgan fingerprint density at radius 3 is 2.61 bits per heavy atom. The van der Waals surface area contributed by atoms with Crippen LogP contribution in [0.5, 0.6) is 5.75 Å². The average Bonchev–Trinajstić information content (AvgIpc) is 2.54. The number of hydrogen-bond acceptors (Lipinski definition) is 2. The lowest BCUT2D eigenvalue weighted by atomic mass is 10.2. The molecule has 122 valence electrons. The molecule has 2 rings (SSSR count). The molecule has 4 nitrogen and oxygen atoms in total. The Hall–Kier alpha value is -2.08. The summed E-state index contributed by atoms with van der Waals surface area (Å²) in [6, 6.07) is 12.6. The van der Waals surface area contributed by atoms with Gasteiger partial charge in [-0.15, -0.1) is 0 Å². The molecule has 0 saturated carbocycles. The summed E-state index contributed by atoms with van der Waals surface area (Å²) < 4.78 is 19.4. The Morgan fingerprint density at radius 2 is 1.91 bits per heavy atom. The highest BCUT2D eigenvalue weighted by Gasteiger charge is 2.04. The molecule has 0 saturated heterocycles. The summed E-state index contributed by atoms with van der Waals surface area (Å²) in [5.74, 6) is 1.19. The molecule has 0 aromatic heterocycles. The van der Waals surface area contributed by atoms with Crippen LogP contribution in [0.25, 0.3) is 0 Å². The molecule has 0 atom stereocenters. The van der Waals surface area contributed by atoms with Crippen molar-refractivity contribution in [2.24, 2.45) is 4.99 Å². The van der Waals surface area contributed by atoms with Crippen molar-refractivity contribution in [1.82, 2.24) is 10.6 Å². The highest BCUT2D eigenvalue weighted by Crippen LogP contribution is 2.17. The van der Waals surface area contributed by atoms with Crippen LogP contribution in [0.4, 0.5) is 4.39 Å². The van der Waals surface area contributed by atoms with Gasteiger partial charge in [-0.1, -0.05) is 34.1 Å². The minimum absolute atomic E-state index is 0.270. The largest absolute Gasteiger partial charge is 0.496 e. The average molecular weight is 380 g/mol. The molecule has 0 heterocycles. The minimum atomic E-state index is -0.270. The van der Waals surface area contributed by atoms with Crippen molar-refractivity contribution in [2.45, 2.75) is 13.1 Å². The van der Waals surface area contributed by atoms with E-state index in [0.717, 1.165) is 16.9 Å². The predicted octanol–water partition coefficient (Wildman–Crippen LogP) is 3.46. The lowest BCUT2D eigenvalue weighted by molar-refractivity contribution is 0.409. The van der Waals surface area contributed by atoms with E-state index in [4.69, 9.17) is 4.74 Å². The van der Waals surface area contributed by atoms with E-state index in [2.05, 4.69) is 31.6 Å². The number of guanidine groups is 1. The lowest BCUT2D eigenvalue weighted by Gasteiger charge is -2.14. The summed E-state index contributed by atoms with van der Waals surface area (Å²) in [6.07, 6.45) is 0. The maximum absolute atomic E-state index is 13.4. The summed E-state index contributed by atoms with van der Waals surface area (Å²) in [5.41, 5.74) is 1.86. The van der Waals surface area contributed by atoms with E-state index in [9.17, 15) is 4.39 Å². The van der Waals surface area contributed by atoms with E-state index in [1.54, 1.807) is 14.2 Å². The third kappa shape index (κ3) is 5.25. The molecule has 2 aromatic rings. The number of nitrogens with one attached hydrogen (secondary N) is 2. The topological polar surface area (TPSA) is 45.7 Å². The zero-order valence-corrected chi connectivity index (χ0v) is 14.7. The van der Waals surface area contributed by atoms with Crippen molar-refractivity contribution in [3.8, 4) is 5.75 Å².